The van der Waals surface area contributed by atoms with Crippen molar-refractivity contribution in [1.29, 1.82) is 10.5 Å². The van der Waals surface area contributed by atoms with Crippen LogP contribution in [0.2, 0.25) is 0 Å². The Labute approximate surface area is 79.6 Å². The second-order valence-corrected chi connectivity index (χ2v) is 3.43. The highest BCUT2D eigenvalue weighted by atomic mass is 15.2. The molecule has 0 aromatic carbocycles. The first-order chi connectivity index (χ1) is 6.33. The maximum Gasteiger partial charge on any atom is 0.0977 e. The van der Waals surface area contributed by atoms with Gasteiger partial charge in [-0.25, -0.2) is 0 Å². The van der Waals surface area contributed by atoms with Gasteiger partial charge in [0.2, 0.25) is 0 Å². The monoisotopic (exact) mass is 177 g/mol. The molecule has 1 fully saturated rings. The molecule has 3 nitrogen and oxygen atoms in total. The third-order valence-electron chi connectivity index (χ3n) is 2.43. The van der Waals surface area contributed by atoms with E-state index in [0.29, 0.717) is 12.5 Å². The molecule has 1 atom stereocenters. The third-order valence-corrected chi connectivity index (χ3v) is 2.43. The van der Waals surface area contributed by atoms with Gasteiger partial charge in [-0.05, 0) is 19.3 Å². The highest BCUT2D eigenvalue weighted by molar-refractivity contribution is 4.98. The molecule has 1 saturated carbocycles. The molecular weight excluding hydrogens is 162 g/mol. The lowest BCUT2D eigenvalue weighted by molar-refractivity contribution is 0.224. The van der Waals surface area contributed by atoms with Gasteiger partial charge < -0.3 is 0 Å². The van der Waals surface area contributed by atoms with Crippen LogP contribution in [0.15, 0.2) is 0 Å². The van der Waals surface area contributed by atoms with Gasteiger partial charge in [-0.2, -0.15) is 10.5 Å². The fraction of sp³-hybridized carbons (Fsp3) is 0.800. The minimum Gasteiger partial charge on any atom is -0.284 e. The molecule has 3 heteroatoms. The van der Waals surface area contributed by atoms with Crippen LogP contribution in [-0.2, 0) is 0 Å². The van der Waals surface area contributed by atoms with Crippen LogP contribution in [-0.4, -0.2) is 23.5 Å². The molecule has 1 aliphatic rings. The van der Waals surface area contributed by atoms with E-state index in [2.05, 4.69) is 17.0 Å². The van der Waals surface area contributed by atoms with E-state index < -0.39 is 0 Å². The summed E-state index contributed by atoms with van der Waals surface area (Å²) >= 11 is 0. The molecule has 1 unspecified atom stereocenters. The highest BCUT2D eigenvalue weighted by Crippen LogP contribution is 2.29. The molecule has 0 N–H and O–H groups in total. The Bertz CT molecular complexity index is 232. The molecule has 1 rings (SSSR count). The molecule has 1 aliphatic carbocycles. The predicted octanol–water partition coefficient (Wildman–Crippen LogP) is 1.67. The summed E-state index contributed by atoms with van der Waals surface area (Å²) in [5, 5.41) is 17.4. The number of hydrogen-bond donors (Lipinski definition) is 0. The molecule has 0 heterocycles. The van der Waals surface area contributed by atoms with Crippen molar-refractivity contribution in [2.24, 2.45) is 0 Å². The Morgan fingerprint density at radius 2 is 2.15 bits per heavy atom. The number of rotatable bonds is 5. The average molecular weight is 177 g/mol. The summed E-state index contributed by atoms with van der Waals surface area (Å²) in [5.41, 5.74) is 0. The Hall–Kier alpha value is -1.06. The van der Waals surface area contributed by atoms with Gasteiger partial charge in [0.1, 0.15) is 0 Å². The zero-order valence-corrected chi connectivity index (χ0v) is 8.03. The van der Waals surface area contributed by atoms with Crippen LogP contribution in [0.4, 0.5) is 0 Å². The molecule has 0 amide bonds. The van der Waals surface area contributed by atoms with Crippen LogP contribution in [0.1, 0.15) is 32.6 Å². The topological polar surface area (TPSA) is 50.8 Å². The number of nitriles is 2. The molecule has 0 spiro atoms. The van der Waals surface area contributed by atoms with E-state index in [0.717, 1.165) is 13.0 Å². The predicted molar refractivity (Wildman–Crippen MR) is 49.7 cm³/mol. The summed E-state index contributed by atoms with van der Waals surface area (Å²) in [7, 11) is 0. The zero-order valence-electron chi connectivity index (χ0n) is 8.03. The van der Waals surface area contributed by atoms with Crippen molar-refractivity contribution < 1.29 is 0 Å². The Morgan fingerprint density at radius 3 is 2.54 bits per heavy atom. The van der Waals surface area contributed by atoms with Crippen molar-refractivity contribution in [1.82, 2.24) is 4.90 Å². The lowest BCUT2D eigenvalue weighted by Crippen LogP contribution is -2.36. The molecule has 0 radical (unpaired) electrons. The minimum atomic E-state index is 0.0147. The SMILES string of the molecule is CCC(C#N)N(CCC#N)C1CC1. The van der Waals surface area contributed by atoms with E-state index in [4.69, 9.17) is 10.5 Å². The van der Waals surface area contributed by atoms with Gasteiger partial charge in [-0.15, -0.1) is 0 Å². The van der Waals surface area contributed by atoms with E-state index in [1.54, 1.807) is 0 Å². The van der Waals surface area contributed by atoms with Gasteiger partial charge in [-0.1, -0.05) is 6.92 Å². The van der Waals surface area contributed by atoms with Crippen molar-refractivity contribution in [3.63, 3.8) is 0 Å². The van der Waals surface area contributed by atoms with Gasteiger partial charge in [0, 0.05) is 19.0 Å². The van der Waals surface area contributed by atoms with Crippen molar-refractivity contribution in [2.45, 2.75) is 44.7 Å². The van der Waals surface area contributed by atoms with Crippen molar-refractivity contribution in [3.05, 3.63) is 0 Å². The standard InChI is InChI=1S/C10H15N3/c1-2-9(8-12)13(7-3-6-11)10-4-5-10/h9-10H,2-5,7H2,1H3. The van der Waals surface area contributed by atoms with E-state index in [1.165, 1.54) is 12.8 Å². The van der Waals surface area contributed by atoms with E-state index in [1.807, 2.05) is 6.92 Å². The van der Waals surface area contributed by atoms with Gasteiger partial charge >= 0.3 is 0 Å². The largest absolute Gasteiger partial charge is 0.284 e. The quantitative estimate of drug-likeness (QED) is 0.641. The van der Waals surface area contributed by atoms with Crippen LogP contribution in [0, 0.1) is 22.7 Å². The Morgan fingerprint density at radius 1 is 1.46 bits per heavy atom. The van der Waals surface area contributed by atoms with Crippen LogP contribution in [0.3, 0.4) is 0 Å². The molecule has 13 heavy (non-hydrogen) atoms. The zero-order chi connectivity index (χ0) is 9.68. The minimum absolute atomic E-state index is 0.0147. The smallest absolute Gasteiger partial charge is 0.0977 e. The molecular formula is C10H15N3. The number of hydrogen-bond acceptors (Lipinski definition) is 3. The van der Waals surface area contributed by atoms with Crippen LogP contribution in [0.25, 0.3) is 0 Å². The lowest BCUT2D eigenvalue weighted by Gasteiger charge is -2.24. The lowest BCUT2D eigenvalue weighted by atomic mass is 10.2. The fourth-order valence-electron chi connectivity index (χ4n) is 1.58. The maximum atomic E-state index is 8.90. The van der Waals surface area contributed by atoms with Crippen molar-refractivity contribution in [3.8, 4) is 12.1 Å². The number of nitrogens with zero attached hydrogens (tertiary/aromatic N) is 3. The molecule has 0 aromatic rings. The third kappa shape index (κ3) is 2.72. The van der Waals surface area contributed by atoms with E-state index >= 15 is 0 Å². The summed E-state index contributed by atoms with van der Waals surface area (Å²) in [5.74, 6) is 0. The fourth-order valence-corrected chi connectivity index (χ4v) is 1.58. The van der Waals surface area contributed by atoms with Gasteiger partial charge in [0.05, 0.1) is 18.2 Å². The van der Waals surface area contributed by atoms with Gasteiger partial charge in [0.25, 0.3) is 0 Å². The van der Waals surface area contributed by atoms with E-state index in [9.17, 15) is 0 Å². The van der Waals surface area contributed by atoms with Crippen LogP contribution in [0.5, 0.6) is 0 Å². The first-order valence-corrected chi connectivity index (χ1v) is 4.85. The van der Waals surface area contributed by atoms with Crippen LogP contribution >= 0.6 is 0 Å². The Balaban J connectivity index is 2.46. The van der Waals surface area contributed by atoms with Crippen LogP contribution < -0.4 is 0 Å². The van der Waals surface area contributed by atoms with Gasteiger partial charge in [-0.3, -0.25) is 4.90 Å². The summed E-state index contributed by atoms with van der Waals surface area (Å²) in [4.78, 5) is 2.18. The molecule has 0 aliphatic heterocycles. The summed E-state index contributed by atoms with van der Waals surface area (Å²) in [6.07, 6.45) is 3.79. The van der Waals surface area contributed by atoms with E-state index in [-0.39, 0.29) is 6.04 Å². The first kappa shape index (κ1) is 10.0. The molecule has 0 aromatic heterocycles. The average Bonchev–Trinajstić information content (AvgIpc) is 2.95. The van der Waals surface area contributed by atoms with Crippen molar-refractivity contribution in [2.75, 3.05) is 6.54 Å². The van der Waals surface area contributed by atoms with Crippen molar-refractivity contribution >= 4 is 0 Å². The summed E-state index contributed by atoms with van der Waals surface area (Å²) in [6.45, 7) is 2.78. The normalized spacial score (nSPS) is 17.8. The molecule has 0 saturated heterocycles. The molecule has 70 valence electrons. The maximum absolute atomic E-state index is 8.90. The summed E-state index contributed by atoms with van der Waals surface area (Å²) in [6, 6.07) is 5.03. The van der Waals surface area contributed by atoms with Gasteiger partial charge in [0.15, 0.2) is 0 Å². The highest BCUT2D eigenvalue weighted by Gasteiger charge is 2.32. The second-order valence-electron chi connectivity index (χ2n) is 3.43. The summed E-state index contributed by atoms with van der Waals surface area (Å²) < 4.78 is 0. The second kappa shape index (κ2) is 4.84. The first-order valence-electron chi connectivity index (χ1n) is 4.85. The Kier molecular flexibility index (Phi) is 3.73. The molecule has 0 bridgehead atoms.